The minimum atomic E-state index is -0.164. The van der Waals surface area contributed by atoms with Crippen molar-refractivity contribution in [2.75, 3.05) is 0 Å². The van der Waals surface area contributed by atoms with Crippen molar-refractivity contribution in [2.45, 2.75) is 12.6 Å². The predicted octanol–water partition coefficient (Wildman–Crippen LogP) is 5.55. The summed E-state index contributed by atoms with van der Waals surface area (Å²) < 4.78 is 0. The van der Waals surface area contributed by atoms with Crippen molar-refractivity contribution < 1.29 is 4.79 Å². The molecule has 4 aromatic rings. The molecule has 2 heterocycles. The Morgan fingerprint density at radius 2 is 1.85 bits per heavy atom. The van der Waals surface area contributed by atoms with Crippen molar-refractivity contribution >= 4 is 39.5 Å². The number of amides is 2. The Bertz CT molecular complexity index is 954. The number of urea groups is 1. The zero-order chi connectivity index (χ0) is 17.8. The van der Waals surface area contributed by atoms with Crippen LogP contribution >= 0.6 is 22.7 Å². The summed E-state index contributed by atoms with van der Waals surface area (Å²) >= 11 is 3.29. The first-order valence-electron chi connectivity index (χ1n) is 8.38. The topological polar surface area (TPSA) is 41.1 Å². The second kappa shape index (κ2) is 7.72. The smallest absolute Gasteiger partial charge is 0.315 e. The molecule has 2 N–H and O–H groups in total. The van der Waals surface area contributed by atoms with Gasteiger partial charge in [0.15, 0.2) is 0 Å². The van der Waals surface area contributed by atoms with Gasteiger partial charge in [-0.1, -0.05) is 48.5 Å². The number of carbonyl (C=O) groups is 1. The Morgan fingerprint density at radius 3 is 2.65 bits per heavy atom. The summed E-state index contributed by atoms with van der Waals surface area (Å²) in [7, 11) is 0. The zero-order valence-electron chi connectivity index (χ0n) is 14.0. The Kier molecular flexibility index (Phi) is 5.00. The van der Waals surface area contributed by atoms with Crippen LogP contribution in [-0.4, -0.2) is 6.03 Å². The van der Waals surface area contributed by atoms with Gasteiger partial charge in [0.25, 0.3) is 0 Å². The molecule has 2 aromatic carbocycles. The summed E-state index contributed by atoms with van der Waals surface area (Å²) in [5.74, 6) is 0. The monoisotopic (exact) mass is 378 g/mol. The van der Waals surface area contributed by atoms with E-state index in [0.717, 1.165) is 16.0 Å². The normalized spacial score (nSPS) is 12.0. The number of fused-ring (bicyclic) bond motifs is 1. The van der Waals surface area contributed by atoms with Gasteiger partial charge in [-0.3, -0.25) is 0 Å². The van der Waals surface area contributed by atoms with E-state index in [0.29, 0.717) is 6.54 Å². The molecule has 0 spiro atoms. The van der Waals surface area contributed by atoms with E-state index in [1.54, 1.807) is 22.7 Å². The van der Waals surface area contributed by atoms with E-state index in [1.165, 1.54) is 10.8 Å². The van der Waals surface area contributed by atoms with E-state index in [2.05, 4.69) is 52.4 Å². The fraction of sp³-hybridized carbons (Fsp3) is 0.0952. The van der Waals surface area contributed by atoms with Crippen molar-refractivity contribution in [3.8, 4) is 0 Å². The molecular weight excluding hydrogens is 360 g/mol. The molecule has 0 unspecified atom stereocenters. The lowest BCUT2D eigenvalue weighted by Gasteiger charge is -2.17. The maximum absolute atomic E-state index is 12.5. The lowest BCUT2D eigenvalue weighted by Crippen LogP contribution is -2.37. The third-order valence-electron chi connectivity index (χ3n) is 4.30. The Hall–Kier alpha value is -2.63. The van der Waals surface area contributed by atoms with Crippen LogP contribution in [0, 0.1) is 0 Å². The molecule has 1 atom stereocenters. The Labute approximate surface area is 160 Å². The van der Waals surface area contributed by atoms with Gasteiger partial charge >= 0.3 is 6.03 Å². The van der Waals surface area contributed by atoms with Crippen LogP contribution in [0.15, 0.2) is 76.8 Å². The molecule has 130 valence electrons. The van der Waals surface area contributed by atoms with Gasteiger partial charge < -0.3 is 10.6 Å². The van der Waals surface area contributed by atoms with E-state index >= 15 is 0 Å². The van der Waals surface area contributed by atoms with Gasteiger partial charge in [-0.2, -0.15) is 11.3 Å². The van der Waals surface area contributed by atoms with E-state index in [4.69, 9.17) is 0 Å². The number of hydrogen-bond donors (Lipinski definition) is 2. The molecule has 0 saturated carbocycles. The summed E-state index contributed by atoms with van der Waals surface area (Å²) in [6.45, 7) is 0.494. The van der Waals surface area contributed by atoms with Gasteiger partial charge in [0, 0.05) is 11.4 Å². The van der Waals surface area contributed by atoms with Crippen molar-refractivity contribution in [2.24, 2.45) is 0 Å². The fourth-order valence-corrected chi connectivity index (χ4v) is 4.51. The van der Waals surface area contributed by atoms with Crippen LogP contribution in [0.2, 0.25) is 0 Å². The molecule has 0 aliphatic heterocycles. The van der Waals surface area contributed by atoms with Gasteiger partial charge in [-0.05, 0) is 50.2 Å². The molecule has 0 bridgehead atoms. The molecule has 5 heteroatoms. The average Bonchev–Trinajstić information content (AvgIpc) is 3.38. The van der Waals surface area contributed by atoms with E-state index < -0.39 is 0 Å². The first-order valence-corrected chi connectivity index (χ1v) is 10.2. The van der Waals surface area contributed by atoms with Crippen LogP contribution in [-0.2, 0) is 6.54 Å². The standard InChI is InChI=1S/C21H18N2OS2/c24-21(22-13-16-7-3-6-15-5-1-2-8-18(15)16)23-20(17-10-12-25-14-17)19-9-4-11-26-19/h1-12,14,20H,13H2,(H2,22,23,24)/t20-/m0/s1. The predicted molar refractivity (Wildman–Crippen MR) is 110 cm³/mol. The van der Waals surface area contributed by atoms with Crippen molar-refractivity contribution in [3.05, 3.63) is 92.8 Å². The molecule has 26 heavy (non-hydrogen) atoms. The van der Waals surface area contributed by atoms with Crippen LogP contribution in [0.1, 0.15) is 22.0 Å². The second-order valence-corrected chi connectivity index (χ2v) is 7.73. The highest BCUT2D eigenvalue weighted by molar-refractivity contribution is 7.10. The largest absolute Gasteiger partial charge is 0.334 e. The minimum absolute atomic E-state index is 0.117. The molecule has 0 radical (unpaired) electrons. The van der Waals surface area contributed by atoms with Gasteiger partial charge in [0.05, 0.1) is 6.04 Å². The average molecular weight is 379 g/mol. The minimum Gasteiger partial charge on any atom is -0.334 e. The highest BCUT2D eigenvalue weighted by atomic mass is 32.1. The van der Waals surface area contributed by atoms with Crippen LogP contribution in [0.5, 0.6) is 0 Å². The number of benzene rings is 2. The molecule has 0 saturated heterocycles. The van der Waals surface area contributed by atoms with E-state index in [9.17, 15) is 4.79 Å². The van der Waals surface area contributed by atoms with Gasteiger partial charge in [0.1, 0.15) is 0 Å². The summed E-state index contributed by atoms with van der Waals surface area (Å²) in [5, 5.41) is 14.6. The number of carbonyl (C=O) groups excluding carboxylic acids is 1. The molecule has 0 aliphatic rings. The van der Waals surface area contributed by atoms with Crippen molar-refractivity contribution in [3.63, 3.8) is 0 Å². The number of nitrogens with one attached hydrogen (secondary N) is 2. The molecule has 2 amide bonds. The fourth-order valence-electron chi connectivity index (χ4n) is 3.02. The van der Waals surface area contributed by atoms with Crippen molar-refractivity contribution in [1.29, 1.82) is 0 Å². The molecular formula is C21H18N2OS2. The Balaban J connectivity index is 1.47. The van der Waals surface area contributed by atoms with Crippen LogP contribution < -0.4 is 10.6 Å². The van der Waals surface area contributed by atoms with Crippen LogP contribution in [0.3, 0.4) is 0 Å². The van der Waals surface area contributed by atoms with Crippen molar-refractivity contribution in [1.82, 2.24) is 10.6 Å². The first kappa shape index (κ1) is 16.8. The summed E-state index contributed by atoms with van der Waals surface area (Å²) in [5.41, 5.74) is 2.22. The molecule has 3 nitrogen and oxygen atoms in total. The number of rotatable bonds is 5. The Morgan fingerprint density at radius 1 is 0.962 bits per heavy atom. The maximum Gasteiger partial charge on any atom is 0.315 e. The first-order chi connectivity index (χ1) is 12.8. The quantitative estimate of drug-likeness (QED) is 0.469. The molecule has 0 fully saturated rings. The third kappa shape index (κ3) is 3.64. The molecule has 2 aromatic heterocycles. The second-order valence-electron chi connectivity index (χ2n) is 5.97. The van der Waals surface area contributed by atoms with Crippen LogP contribution in [0.4, 0.5) is 4.79 Å². The highest BCUT2D eigenvalue weighted by Crippen LogP contribution is 2.27. The maximum atomic E-state index is 12.5. The number of hydrogen-bond acceptors (Lipinski definition) is 3. The highest BCUT2D eigenvalue weighted by Gasteiger charge is 2.18. The van der Waals surface area contributed by atoms with Gasteiger partial charge in [-0.15, -0.1) is 11.3 Å². The third-order valence-corrected chi connectivity index (χ3v) is 5.94. The number of thiophene rings is 2. The summed E-state index contributed by atoms with van der Waals surface area (Å²) in [6.07, 6.45) is 0. The van der Waals surface area contributed by atoms with Gasteiger partial charge in [0.2, 0.25) is 0 Å². The zero-order valence-corrected chi connectivity index (χ0v) is 15.6. The van der Waals surface area contributed by atoms with E-state index in [-0.39, 0.29) is 12.1 Å². The molecule has 4 rings (SSSR count). The lowest BCUT2D eigenvalue weighted by atomic mass is 10.0. The SMILES string of the molecule is O=C(NCc1cccc2ccccc12)N[C@@H](c1ccsc1)c1cccs1. The summed E-state index contributed by atoms with van der Waals surface area (Å²) in [6, 6.07) is 20.2. The molecule has 0 aliphatic carbocycles. The van der Waals surface area contributed by atoms with Crippen LogP contribution in [0.25, 0.3) is 10.8 Å². The lowest BCUT2D eigenvalue weighted by molar-refractivity contribution is 0.238. The van der Waals surface area contributed by atoms with E-state index in [1.807, 2.05) is 35.0 Å². The van der Waals surface area contributed by atoms with Gasteiger partial charge in [-0.25, -0.2) is 4.79 Å². The summed E-state index contributed by atoms with van der Waals surface area (Å²) in [4.78, 5) is 13.7.